The van der Waals surface area contributed by atoms with E-state index in [1.54, 1.807) is 0 Å². The molecule has 0 saturated heterocycles. The van der Waals surface area contributed by atoms with Gasteiger partial charge in [-0.05, 0) is 12.8 Å². The summed E-state index contributed by atoms with van der Waals surface area (Å²) in [4.78, 5) is 10.9. The van der Waals surface area contributed by atoms with Gasteiger partial charge in [-0.3, -0.25) is 5.10 Å². The fourth-order valence-electron chi connectivity index (χ4n) is 1.60. The number of hydrogen-bond acceptors (Lipinski definition) is 4. The molecule has 1 rings (SSSR count). The van der Waals surface area contributed by atoms with Gasteiger partial charge in [0.1, 0.15) is 5.56 Å². The number of carbonyl (C=O) groups is 1. The molecule has 0 aliphatic heterocycles. The second-order valence-electron chi connectivity index (χ2n) is 3.93. The maximum absolute atomic E-state index is 12.0. The molecule has 7 nitrogen and oxygen atoms in total. The van der Waals surface area contributed by atoms with Gasteiger partial charge < -0.3 is 5.11 Å². The summed E-state index contributed by atoms with van der Waals surface area (Å²) >= 11 is 0. The molecule has 1 atom stereocenters. The predicted molar refractivity (Wildman–Crippen MR) is 64.9 cm³/mol. The van der Waals surface area contributed by atoms with Gasteiger partial charge in [-0.15, -0.1) is 0 Å². The van der Waals surface area contributed by atoms with Gasteiger partial charge >= 0.3 is 5.97 Å². The number of carboxylic acids is 1. The summed E-state index contributed by atoms with van der Waals surface area (Å²) in [7, 11) is -3.88. The van der Waals surface area contributed by atoms with Crippen molar-refractivity contribution >= 4 is 16.0 Å². The van der Waals surface area contributed by atoms with Crippen LogP contribution in [-0.4, -0.2) is 35.7 Å². The molecule has 0 radical (unpaired) electrons. The average Bonchev–Trinajstić information content (AvgIpc) is 2.77. The topological polar surface area (TPSA) is 112 Å². The summed E-state index contributed by atoms with van der Waals surface area (Å²) in [5, 5.41) is 14.1. The molecule has 0 amide bonds. The van der Waals surface area contributed by atoms with Gasteiger partial charge in [-0.2, -0.15) is 5.10 Å². The third-order valence-corrected chi connectivity index (χ3v) is 4.05. The van der Waals surface area contributed by atoms with Crippen LogP contribution >= 0.6 is 0 Å². The Kier molecular flexibility index (Phi) is 4.85. The molecule has 0 saturated carbocycles. The third kappa shape index (κ3) is 3.30. The van der Waals surface area contributed by atoms with E-state index in [9.17, 15) is 13.2 Å². The lowest BCUT2D eigenvalue weighted by Gasteiger charge is -2.15. The van der Waals surface area contributed by atoms with Gasteiger partial charge in [-0.1, -0.05) is 20.3 Å². The average molecular weight is 275 g/mol. The summed E-state index contributed by atoms with van der Waals surface area (Å²) in [5.41, 5.74) is -0.353. The highest BCUT2D eigenvalue weighted by molar-refractivity contribution is 7.89. The van der Waals surface area contributed by atoms with Crippen LogP contribution in [0.1, 0.15) is 43.5 Å². The Labute approximate surface area is 106 Å². The van der Waals surface area contributed by atoms with Crippen LogP contribution < -0.4 is 4.72 Å². The molecule has 102 valence electrons. The van der Waals surface area contributed by atoms with Crippen LogP contribution in [0.15, 0.2) is 11.2 Å². The van der Waals surface area contributed by atoms with Gasteiger partial charge in [0, 0.05) is 6.04 Å². The number of aromatic carboxylic acids is 1. The van der Waals surface area contributed by atoms with Crippen molar-refractivity contribution in [3.8, 4) is 0 Å². The molecule has 0 aliphatic rings. The summed E-state index contributed by atoms with van der Waals surface area (Å²) < 4.78 is 26.5. The smallest absolute Gasteiger partial charge is 0.340 e. The molecule has 1 heterocycles. The largest absolute Gasteiger partial charge is 0.478 e. The molecular formula is C10H17N3O4S. The molecule has 1 unspecified atom stereocenters. The first-order valence-electron chi connectivity index (χ1n) is 5.71. The van der Waals surface area contributed by atoms with Crippen LogP contribution in [-0.2, 0) is 10.0 Å². The molecule has 0 fully saturated rings. The van der Waals surface area contributed by atoms with Crippen molar-refractivity contribution in [2.24, 2.45) is 0 Å². The molecule has 0 aliphatic carbocycles. The molecule has 0 spiro atoms. The SMILES string of the molecule is CCCC(CC)NS(=O)(=O)c1[nH]ncc1C(=O)O. The Hall–Kier alpha value is -1.41. The molecule has 0 aromatic carbocycles. The number of carboxylic acid groups (broad SMARTS) is 1. The van der Waals surface area contributed by atoms with E-state index >= 15 is 0 Å². The number of aromatic nitrogens is 2. The molecule has 3 N–H and O–H groups in total. The number of nitrogens with one attached hydrogen (secondary N) is 2. The highest BCUT2D eigenvalue weighted by atomic mass is 32.2. The lowest BCUT2D eigenvalue weighted by Crippen LogP contribution is -2.35. The zero-order chi connectivity index (χ0) is 13.8. The van der Waals surface area contributed by atoms with Crippen LogP contribution in [0, 0.1) is 0 Å². The van der Waals surface area contributed by atoms with Crippen molar-refractivity contribution in [2.75, 3.05) is 0 Å². The molecule has 1 aromatic rings. The number of sulfonamides is 1. The first kappa shape index (κ1) is 14.7. The fraction of sp³-hybridized carbons (Fsp3) is 0.600. The number of nitrogens with zero attached hydrogens (tertiary/aromatic N) is 1. The maximum atomic E-state index is 12.0. The summed E-state index contributed by atoms with van der Waals surface area (Å²) in [5.74, 6) is -1.33. The van der Waals surface area contributed by atoms with Crippen molar-refractivity contribution in [2.45, 2.75) is 44.2 Å². The van der Waals surface area contributed by atoms with Crippen molar-refractivity contribution in [1.29, 1.82) is 0 Å². The minimum absolute atomic E-state index is 0.204. The minimum Gasteiger partial charge on any atom is -0.478 e. The summed E-state index contributed by atoms with van der Waals surface area (Å²) in [6.45, 7) is 3.82. The van der Waals surface area contributed by atoms with E-state index in [2.05, 4.69) is 14.9 Å². The number of aromatic amines is 1. The molecule has 0 bridgehead atoms. The van der Waals surface area contributed by atoms with Crippen LogP contribution in [0.25, 0.3) is 0 Å². The van der Waals surface area contributed by atoms with Crippen molar-refractivity contribution < 1.29 is 18.3 Å². The van der Waals surface area contributed by atoms with Gasteiger partial charge in [0.25, 0.3) is 10.0 Å². The normalized spacial score (nSPS) is 13.4. The Morgan fingerprint density at radius 3 is 2.72 bits per heavy atom. The Morgan fingerprint density at radius 2 is 2.22 bits per heavy atom. The number of rotatable bonds is 7. The highest BCUT2D eigenvalue weighted by Gasteiger charge is 2.26. The van der Waals surface area contributed by atoms with Crippen molar-refractivity contribution in [1.82, 2.24) is 14.9 Å². The van der Waals surface area contributed by atoms with Crippen LogP contribution in [0.2, 0.25) is 0 Å². The monoisotopic (exact) mass is 275 g/mol. The van der Waals surface area contributed by atoms with Crippen molar-refractivity contribution in [3.05, 3.63) is 11.8 Å². The minimum atomic E-state index is -3.88. The summed E-state index contributed by atoms with van der Waals surface area (Å²) in [6, 6.07) is -0.204. The van der Waals surface area contributed by atoms with E-state index in [1.807, 2.05) is 13.8 Å². The quantitative estimate of drug-likeness (QED) is 0.686. The summed E-state index contributed by atoms with van der Waals surface area (Å²) in [6.07, 6.45) is 3.17. The van der Waals surface area contributed by atoms with Crippen LogP contribution in [0.4, 0.5) is 0 Å². The lowest BCUT2D eigenvalue weighted by atomic mass is 10.1. The second-order valence-corrected chi connectivity index (χ2v) is 5.58. The first-order valence-corrected chi connectivity index (χ1v) is 7.19. The van der Waals surface area contributed by atoms with Crippen molar-refractivity contribution in [3.63, 3.8) is 0 Å². The standard InChI is InChI=1S/C10H17N3O4S/c1-3-5-7(4-2)13-18(16,17)9-8(10(14)15)6-11-12-9/h6-7,13H,3-5H2,1-2H3,(H,11,12)(H,14,15). The van der Waals surface area contributed by atoms with E-state index in [4.69, 9.17) is 5.11 Å². The van der Waals surface area contributed by atoms with Gasteiger partial charge in [0.05, 0.1) is 6.20 Å². The van der Waals surface area contributed by atoms with Gasteiger partial charge in [0.2, 0.25) is 0 Å². The van der Waals surface area contributed by atoms with Gasteiger partial charge in [-0.25, -0.2) is 17.9 Å². The zero-order valence-corrected chi connectivity index (χ0v) is 11.1. The molecular weight excluding hydrogens is 258 g/mol. The van der Waals surface area contributed by atoms with Gasteiger partial charge in [0.15, 0.2) is 5.03 Å². The Bertz CT molecular complexity index is 509. The Balaban J connectivity index is 2.99. The van der Waals surface area contributed by atoms with E-state index in [-0.39, 0.29) is 11.6 Å². The first-order chi connectivity index (χ1) is 8.42. The number of hydrogen-bond donors (Lipinski definition) is 3. The van der Waals surface area contributed by atoms with Crippen LogP contribution in [0.3, 0.4) is 0 Å². The predicted octanol–water partition coefficient (Wildman–Crippen LogP) is 0.965. The molecule has 8 heteroatoms. The third-order valence-electron chi connectivity index (χ3n) is 2.56. The highest BCUT2D eigenvalue weighted by Crippen LogP contribution is 2.14. The second kappa shape index (κ2) is 5.96. The zero-order valence-electron chi connectivity index (χ0n) is 10.3. The Morgan fingerprint density at radius 1 is 1.56 bits per heavy atom. The molecule has 1 aromatic heterocycles. The molecule has 18 heavy (non-hydrogen) atoms. The van der Waals surface area contributed by atoms with E-state index in [0.717, 1.165) is 12.6 Å². The maximum Gasteiger partial charge on any atom is 0.340 e. The number of H-pyrrole nitrogens is 1. The van der Waals surface area contributed by atoms with E-state index in [0.29, 0.717) is 12.8 Å². The van der Waals surface area contributed by atoms with E-state index in [1.165, 1.54) is 0 Å². The van der Waals surface area contributed by atoms with E-state index < -0.39 is 21.0 Å². The lowest BCUT2D eigenvalue weighted by molar-refractivity contribution is 0.0692. The van der Waals surface area contributed by atoms with Crippen LogP contribution in [0.5, 0.6) is 0 Å². The fourth-order valence-corrected chi connectivity index (χ4v) is 3.05.